The fourth-order valence-electron chi connectivity index (χ4n) is 0.703. The van der Waals surface area contributed by atoms with Crippen LogP contribution in [0.15, 0.2) is 21.1 Å². The Morgan fingerprint density at radius 2 is 1.62 bits per heavy atom. The molecule has 0 spiro atoms. The Hall–Kier alpha value is -0.230. The maximum Gasteiger partial charge on any atom is 0.387 e. The molecule has 0 aliphatic heterocycles. The first-order chi connectivity index (χ1) is 6.00. The lowest BCUT2D eigenvalue weighted by atomic mass is 10.3. The molecular formula is C7H3Br2F3O. The van der Waals surface area contributed by atoms with Crippen molar-refractivity contribution >= 4 is 31.9 Å². The zero-order valence-corrected chi connectivity index (χ0v) is 9.20. The molecule has 1 aromatic rings. The van der Waals surface area contributed by atoms with Gasteiger partial charge in [0.1, 0.15) is 5.75 Å². The highest BCUT2D eigenvalue weighted by molar-refractivity contribution is 9.11. The van der Waals surface area contributed by atoms with Gasteiger partial charge in [-0.25, -0.2) is 4.39 Å². The Labute approximate surface area is 89.1 Å². The maximum absolute atomic E-state index is 12.9. The molecule has 0 fully saturated rings. The molecule has 0 bridgehead atoms. The van der Waals surface area contributed by atoms with Gasteiger partial charge in [-0.1, -0.05) is 0 Å². The van der Waals surface area contributed by atoms with E-state index in [1.807, 2.05) is 0 Å². The van der Waals surface area contributed by atoms with Gasteiger partial charge in [0.05, 0.1) is 8.95 Å². The summed E-state index contributed by atoms with van der Waals surface area (Å²) in [4.78, 5) is 0. The van der Waals surface area contributed by atoms with Gasteiger partial charge in [-0.3, -0.25) is 0 Å². The highest BCUT2D eigenvalue weighted by Gasteiger charge is 2.10. The zero-order chi connectivity index (χ0) is 10.0. The van der Waals surface area contributed by atoms with Crippen LogP contribution in [-0.4, -0.2) is 6.61 Å². The lowest BCUT2D eigenvalue weighted by Crippen LogP contribution is -2.02. The first-order valence-electron chi connectivity index (χ1n) is 3.10. The number of benzene rings is 1. The second kappa shape index (κ2) is 4.32. The third-order valence-corrected chi connectivity index (χ3v) is 2.34. The molecular weight excluding hydrogens is 317 g/mol. The Morgan fingerprint density at radius 1 is 1.15 bits per heavy atom. The quantitative estimate of drug-likeness (QED) is 0.750. The monoisotopic (exact) mass is 318 g/mol. The van der Waals surface area contributed by atoms with Gasteiger partial charge in [-0.05, 0) is 44.0 Å². The van der Waals surface area contributed by atoms with Gasteiger partial charge in [0.15, 0.2) is 5.82 Å². The predicted octanol–water partition coefficient (Wildman–Crippen LogP) is 3.95. The van der Waals surface area contributed by atoms with Crippen molar-refractivity contribution < 1.29 is 17.9 Å². The van der Waals surface area contributed by atoms with Crippen LogP contribution >= 0.6 is 31.9 Å². The van der Waals surface area contributed by atoms with Crippen LogP contribution in [-0.2, 0) is 0 Å². The van der Waals surface area contributed by atoms with Crippen molar-refractivity contribution in [3.05, 3.63) is 26.9 Å². The molecule has 0 saturated heterocycles. The van der Waals surface area contributed by atoms with Crippen LogP contribution in [0.4, 0.5) is 13.2 Å². The smallest absolute Gasteiger partial charge is 0.387 e. The van der Waals surface area contributed by atoms with E-state index >= 15 is 0 Å². The van der Waals surface area contributed by atoms with Crippen molar-refractivity contribution in [3.63, 3.8) is 0 Å². The molecule has 0 saturated carbocycles. The number of ether oxygens (including phenoxy) is 1. The summed E-state index contributed by atoms with van der Waals surface area (Å²) in [6.07, 6.45) is 0. The van der Waals surface area contributed by atoms with Crippen molar-refractivity contribution in [2.45, 2.75) is 6.61 Å². The highest BCUT2D eigenvalue weighted by Crippen LogP contribution is 2.29. The van der Waals surface area contributed by atoms with E-state index in [0.717, 1.165) is 12.1 Å². The minimum absolute atomic E-state index is 0.0672. The normalized spacial score (nSPS) is 10.6. The average Bonchev–Trinajstić information content (AvgIpc) is 1.98. The van der Waals surface area contributed by atoms with Crippen molar-refractivity contribution in [1.29, 1.82) is 0 Å². The van der Waals surface area contributed by atoms with Crippen molar-refractivity contribution in [3.8, 4) is 5.75 Å². The molecule has 0 aliphatic rings. The zero-order valence-electron chi connectivity index (χ0n) is 6.03. The third kappa shape index (κ3) is 2.87. The van der Waals surface area contributed by atoms with E-state index in [1.165, 1.54) is 0 Å². The summed E-state index contributed by atoms with van der Waals surface area (Å²) < 4.78 is 40.6. The summed E-state index contributed by atoms with van der Waals surface area (Å²) in [7, 11) is 0. The molecule has 72 valence electrons. The van der Waals surface area contributed by atoms with Crippen LogP contribution < -0.4 is 4.74 Å². The fraction of sp³-hybridized carbons (Fsp3) is 0.143. The second-order valence-corrected chi connectivity index (χ2v) is 3.79. The molecule has 0 unspecified atom stereocenters. The number of hydrogen-bond donors (Lipinski definition) is 0. The second-order valence-electron chi connectivity index (χ2n) is 2.08. The molecule has 6 heteroatoms. The van der Waals surface area contributed by atoms with Crippen molar-refractivity contribution in [2.24, 2.45) is 0 Å². The maximum atomic E-state index is 12.9. The molecule has 0 aromatic heterocycles. The van der Waals surface area contributed by atoms with Crippen LogP contribution in [0.1, 0.15) is 0 Å². The predicted molar refractivity (Wildman–Crippen MR) is 48.4 cm³/mol. The minimum atomic E-state index is -2.91. The highest BCUT2D eigenvalue weighted by atomic mass is 79.9. The molecule has 0 aliphatic carbocycles. The number of alkyl halides is 2. The van der Waals surface area contributed by atoms with E-state index < -0.39 is 12.4 Å². The summed E-state index contributed by atoms with van der Waals surface area (Å²) >= 11 is 5.71. The molecule has 0 amide bonds. The molecule has 13 heavy (non-hydrogen) atoms. The molecule has 0 heterocycles. The van der Waals surface area contributed by atoms with E-state index in [0.29, 0.717) is 0 Å². The Bertz CT molecular complexity index is 294. The SMILES string of the molecule is Fc1c(Br)cc(OC(F)F)cc1Br. The molecule has 0 N–H and O–H groups in total. The topological polar surface area (TPSA) is 9.23 Å². The number of halogens is 5. The van der Waals surface area contributed by atoms with E-state index in [4.69, 9.17) is 0 Å². The number of hydrogen-bond acceptors (Lipinski definition) is 1. The van der Waals surface area contributed by atoms with Gasteiger partial charge in [-0.15, -0.1) is 0 Å². The Kier molecular flexibility index (Phi) is 3.61. The van der Waals surface area contributed by atoms with E-state index in [2.05, 4.69) is 36.6 Å². The molecule has 1 rings (SSSR count). The Morgan fingerprint density at radius 3 is 2.00 bits per heavy atom. The van der Waals surface area contributed by atoms with Crippen LogP contribution in [0.25, 0.3) is 0 Å². The lowest BCUT2D eigenvalue weighted by Gasteiger charge is -2.06. The third-order valence-electron chi connectivity index (χ3n) is 1.18. The van der Waals surface area contributed by atoms with Gasteiger partial charge in [-0.2, -0.15) is 8.78 Å². The lowest BCUT2D eigenvalue weighted by molar-refractivity contribution is -0.0499. The standard InChI is InChI=1S/C7H3Br2F3O/c8-4-1-3(13-7(11)12)2-5(9)6(4)10/h1-2,7H. The van der Waals surface area contributed by atoms with E-state index in [-0.39, 0.29) is 14.7 Å². The van der Waals surface area contributed by atoms with Gasteiger partial charge in [0.2, 0.25) is 0 Å². The van der Waals surface area contributed by atoms with Gasteiger partial charge < -0.3 is 4.74 Å². The molecule has 1 aromatic carbocycles. The van der Waals surface area contributed by atoms with Gasteiger partial charge in [0.25, 0.3) is 0 Å². The summed E-state index contributed by atoms with van der Waals surface area (Å²) in [5.41, 5.74) is 0. The number of rotatable bonds is 2. The summed E-state index contributed by atoms with van der Waals surface area (Å²) in [6, 6.07) is 2.26. The van der Waals surface area contributed by atoms with Gasteiger partial charge >= 0.3 is 6.61 Å². The van der Waals surface area contributed by atoms with Gasteiger partial charge in [0, 0.05) is 0 Å². The largest absolute Gasteiger partial charge is 0.435 e. The average molecular weight is 320 g/mol. The van der Waals surface area contributed by atoms with E-state index in [1.54, 1.807) is 0 Å². The van der Waals surface area contributed by atoms with Crippen molar-refractivity contribution in [1.82, 2.24) is 0 Å². The fourth-order valence-corrected chi connectivity index (χ4v) is 1.85. The summed E-state index contributed by atoms with van der Waals surface area (Å²) in [6.45, 7) is -2.91. The minimum Gasteiger partial charge on any atom is -0.435 e. The Balaban J connectivity index is 2.99. The molecule has 0 atom stereocenters. The summed E-state index contributed by atoms with van der Waals surface area (Å²) in [5, 5.41) is 0. The van der Waals surface area contributed by atoms with Crippen LogP contribution in [0.3, 0.4) is 0 Å². The molecule has 1 nitrogen and oxygen atoms in total. The van der Waals surface area contributed by atoms with E-state index in [9.17, 15) is 13.2 Å². The van der Waals surface area contributed by atoms with Crippen LogP contribution in [0.2, 0.25) is 0 Å². The molecule has 0 radical (unpaired) electrons. The first kappa shape index (κ1) is 10.8. The first-order valence-corrected chi connectivity index (χ1v) is 4.68. The summed E-state index contributed by atoms with van der Waals surface area (Å²) in [5.74, 6) is -0.656. The van der Waals surface area contributed by atoms with Crippen LogP contribution in [0.5, 0.6) is 5.75 Å². The van der Waals surface area contributed by atoms with Crippen LogP contribution in [0, 0.1) is 5.82 Å². The van der Waals surface area contributed by atoms with Crippen molar-refractivity contribution in [2.75, 3.05) is 0 Å².